The van der Waals surface area contributed by atoms with E-state index in [4.69, 9.17) is 11.6 Å². The summed E-state index contributed by atoms with van der Waals surface area (Å²) >= 11 is 6.18. The highest BCUT2D eigenvalue weighted by atomic mass is 35.5. The van der Waals surface area contributed by atoms with Crippen LogP contribution in [0.2, 0.25) is 5.02 Å². The molecule has 0 radical (unpaired) electrons. The van der Waals surface area contributed by atoms with Crippen molar-refractivity contribution in [3.8, 4) is 0 Å². The Hall–Kier alpha value is -1.17. The van der Waals surface area contributed by atoms with E-state index in [0.717, 1.165) is 26.2 Å². The van der Waals surface area contributed by atoms with Crippen molar-refractivity contribution >= 4 is 17.6 Å². The topological polar surface area (TPSA) is 43.8 Å². The number of hydrogen-bond donors (Lipinski definition) is 1. The molecule has 1 aliphatic heterocycles. The standard InChI is InChI=1S/C15H20ClFN2O2/c1-15(10-14(20)21,19-7-5-18(2)6-8-19)12-4-3-11(17)9-13(12)16/h3-4,9H,5-8,10H2,1-2H3,(H,20,21). The van der Waals surface area contributed by atoms with Crippen LogP contribution in [-0.4, -0.2) is 54.1 Å². The first-order chi connectivity index (χ1) is 9.83. The molecular weight excluding hydrogens is 295 g/mol. The second kappa shape index (κ2) is 6.30. The number of nitrogens with zero attached hydrogens (tertiary/aromatic N) is 2. The van der Waals surface area contributed by atoms with Crippen molar-refractivity contribution < 1.29 is 14.3 Å². The van der Waals surface area contributed by atoms with Gasteiger partial charge in [0.25, 0.3) is 0 Å². The van der Waals surface area contributed by atoms with Gasteiger partial charge >= 0.3 is 5.97 Å². The van der Waals surface area contributed by atoms with Gasteiger partial charge in [-0.2, -0.15) is 0 Å². The zero-order chi connectivity index (χ0) is 15.6. The van der Waals surface area contributed by atoms with E-state index in [1.807, 2.05) is 14.0 Å². The molecule has 1 saturated heterocycles. The molecule has 1 aromatic carbocycles. The van der Waals surface area contributed by atoms with E-state index in [9.17, 15) is 14.3 Å². The lowest BCUT2D eigenvalue weighted by atomic mass is 9.86. The lowest BCUT2D eigenvalue weighted by Crippen LogP contribution is -2.54. The Morgan fingerprint density at radius 2 is 2.00 bits per heavy atom. The van der Waals surface area contributed by atoms with Crippen LogP contribution < -0.4 is 0 Å². The van der Waals surface area contributed by atoms with E-state index in [1.54, 1.807) is 6.07 Å². The SMILES string of the molecule is CN1CCN(C(C)(CC(=O)O)c2ccc(F)cc2Cl)CC1. The van der Waals surface area contributed by atoms with Gasteiger partial charge in [0.05, 0.1) is 12.0 Å². The van der Waals surface area contributed by atoms with Crippen LogP contribution in [0.4, 0.5) is 4.39 Å². The molecule has 116 valence electrons. The van der Waals surface area contributed by atoms with Gasteiger partial charge in [-0.15, -0.1) is 0 Å². The number of carboxylic acids is 1. The van der Waals surface area contributed by atoms with Crippen LogP contribution in [0.3, 0.4) is 0 Å². The number of benzene rings is 1. The number of halogens is 2. The maximum atomic E-state index is 13.3. The van der Waals surface area contributed by atoms with Gasteiger partial charge in [0.15, 0.2) is 0 Å². The van der Waals surface area contributed by atoms with Crippen LogP contribution in [0.5, 0.6) is 0 Å². The summed E-state index contributed by atoms with van der Waals surface area (Å²) in [7, 11) is 2.04. The summed E-state index contributed by atoms with van der Waals surface area (Å²) in [4.78, 5) is 15.6. The van der Waals surface area contributed by atoms with Crippen molar-refractivity contribution in [1.29, 1.82) is 0 Å². The van der Waals surface area contributed by atoms with E-state index < -0.39 is 17.3 Å². The molecule has 0 amide bonds. The van der Waals surface area contributed by atoms with Crippen molar-refractivity contribution in [1.82, 2.24) is 9.80 Å². The lowest BCUT2D eigenvalue weighted by molar-refractivity contribution is -0.140. The fourth-order valence-corrected chi connectivity index (χ4v) is 3.27. The molecule has 1 unspecified atom stereocenters. The van der Waals surface area contributed by atoms with Crippen LogP contribution in [0.15, 0.2) is 18.2 Å². The lowest BCUT2D eigenvalue weighted by Gasteiger charge is -2.45. The minimum absolute atomic E-state index is 0.0674. The quantitative estimate of drug-likeness (QED) is 0.927. The van der Waals surface area contributed by atoms with Gasteiger partial charge in [-0.1, -0.05) is 17.7 Å². The summed E-state index contributed by atoms with van der Waals surface area (Å²) in [6.45, 7) is 5.12. The first-order valence-corrected chi connectivity index (χ1v) is 7.31. The molecule has 0 saturated carbocycles. The van der Waals surface area contributed by atoms with Crippen LogP contribution in [-0.2, 0) is 10.3 Å². The molecule has 0 aliphatic carbocycles. The number of likely N-dealkylation sites (N-methyl/N-ethyl adjacent to an activating group) is 1. The molecule has 2 rings (SSSR count). The molecule has 0 spiro atoms. The average Bonchev–Trinajstić information content (AvgIpc) is 2.38. The molecule has 0 bridgehead atoms. The summed E-state index contributed by atoms with van der Waals surface area (Å²) in [6.07, 6.45) is -0.0674. The summed E-state index contributed by atoms with van der Waals surface area (Å²) in [5.41, 5.74) is -0.0738. The average molecular weight is 315 g/mol. The third kappa shape index (κ3) is 3.54. The van der Waals surface area contributed by atoms with Crippen molar-refractivity contribution in [3.63, 3.8) is 0 Å². The first kappa shape index (κ1) is 16.2. The third-order valence-corrected chi connectivity index (χ3v) is 4.52. The molecule has 21 heavy (non-hydrogen) atoms. The highest BCUT2D eigenvalue weighted by molar-refractivity contribution is 6.31. The molecule has 1 atom stereocenters. The van der Waals surface area contributed by atoms with Gasteiger partial charge in [0.1, 0.15) is 5.82 Å². The molecule has 1 aromatic rings. The Bertz CT molecular complexity index is 532. The van der Waals surface area contributed by atoms with Crippen LogP contribution >= 0.6 is 11.6 Å². The molecule has 1 fully saturated rings. The summed E-state index contributed by atoms with van der Waals surface area (Å²) in [5.74, 6) is -1.31. The molecule has 6 heteroatoms. The smallest absolute Gasteiger partial charge is 0.305 e. The molecule has 1 N–H and O–H groups in total. The third-order valence-electron chi connectivity index (χ3n) is 4.21. The van der Waals surface area contributed by atoms with E-state index in [-0.39, 0.29) is 11.4 Å². The van der Waals surface area contributed by atoms with Crippen molar-refractivity contribution in [2.45, 2.75) is 18.9 Å². The number of aliphatic carboxylic acids is 1. The molecule has 1 aliphatic rings. The second-order valence-corrected chi connectivity index (χ2v) is 6.17. The van der Waals surface area contributed by atoms with E-state index in [2.05, 4.69) is 9.80 Å². The van der Waals surface area contributed by atoms with Crippen molar-refractivity contribution in [2.24, 2.45) is 0 Å². The number of piperazine rings is 1. The van der Waals surface area contributed by atoms with Crippen molar-refractivity contribution in [3.05, 3.63) is 34.6 Å². The summed E-state index contributed by atoms with van der Waals surface area (Å²) in [5, 5.41) is 9.56. The molecule has 1 heterocycles. The van der Waals surface area contributed by atoms with Crippen molar-refractivity contribution in [2.75, 3.05) is 33.2 Å². The minimum Gasteiger partial charge on any atom is -0.481 e. The number of carbonyl (C=O) groups is 1. The summed E-state index contributed by atoms with van der Waals surface area (Å²) in [6, 6.07) is 4.17. The zero-order valence-corrected chi connectivity index (χ0v) is 13.0. The van der Waals surface area contributed by atoms with Gasteiger partial charge in [-0.3, -0.25) is 9.69 Å². The minimum atomic E-state index is -0.892. The van der Waals surface area contributed by atoms with Crippen LogP contribution in [0.25, 0.3) is 0 Å². The van der Waals surface area contributed by atoms with Crippen LogP contribution in [0, 0.1) is 5.82 Å². The Morgan fingerprint density at radius 1 is 1.38 bits per heavy atom. The Balaban J connectivity index is 2.38. The maximum absolute atomic E-state index is 13.3. The predicted molar refractivity (Wildman–Crippen MR) is 80.1 cm³/mol. The molecule has 4 nitrogen and oxygen atoms in total. The summed E-state index contributed by atoms with van der Waals surface area (Å²) < 4.78 is 13.3. The monoisotopic (exact) mass is 314 g/mol. The van der Waals surface area contributed by atoms with Gasteiger partial charge < -0.3 is 10.0 Å². The number of carboxylic acid groups (broad SMARTS) is 1. The van der Waals surface area contributed by atoms with E-state index in [0.29, 0.717) is 5.56 Å². The number of rotatable bonds is 4. The molecule has 0 aromatic heterocycles. The normalized spacial score (nSPS) is 20.2. The zero-order valence-electron chi connectivity index (χ0n) is 12.3. The Kier molecular flexibility index (Phi) is 4.86. The fourth-order valence-electron chi connectivity index (χ4n) is 2.90. The first-order valence-electron chi connectivity index (χ1n) is 6.94. The number of hydrogen-bond acceptors (Lipinski definition) is 3. The van der Waals surface area contributed by atoms with Gasteiger partial charge in [-0.25, -0.2) is 4.39 Å². The highest BCUT2D eigenvalue weighted by Gasteiger charge is 2.38. The highest BCUT2D eigenvalue weighted by Crippen LogP contribution is 2.37. The van der Waals surface area contributed by atoms with Gasteiger partial charge in [0, 0.05) is 31.2 Å². The second-order valence-electron chi connectivity index (χ2n) is 5.76. The van der Waals surface area contributed by atoms with Gasteiger partial charge in [0.2, 0.25) is 0 Å². The fraction of sp³-hybridized carbons (Fsp3) is 0.533. The Morgan fingerprint density at radius 3 is 2.52 bits per heavy atom. The van der Waals surface area contributed by atoms with E-state index in [1.165, 1.54) is 12.1 Å². The Labute approximate surface area is 129 Å². The largest absolute Gasteiger partial charge is 0.481 e. The van der Waals surface area contributed by atoms with Crippen LogP contribution in [0.1, 0.15) is 18.9 Å². The maximum Gasteiger partial charge on any atom is 0.305 e. The predicted octanol–water partition coefficient (Wildman–Crippen LogP) is 2.42. The molecular formula is C15H20ClFN2O2. The van der Waals surface area contributed by atoms with Gasteiger partial charge in [-0.05, 0) is 31.7 Å². The van der Waals surface area contributed by atoms with E-state index >= 15 is 0 Å².